The molecular formula is C14H25N3O. The van der Waals surface area contributed by atoms with Crippen molar-refractivity contribution in [1.29, 1.82) is 0 Å². The Kier molecular flexibility index (Phi) is 5.52. The van der Waals surface area contributed by atoms with Gasteiger partial charge in [0.15, 0.2) is 0 Å². The number of nitrogens with one attached hydrogen (secondary N) is 1. The average molecular weight is 251 g/mol. The van der Waals surface area contributed by atoms with Crippen LogP contribution >= 0.6 is 0 Å². The molecule has 1 heterocycles. The Hall–Kier alpha value is -1.03. The second-order valence-corrected chi connectivity index (χ2v) is 5.00. The fraction of sp³-hybridized carbons (Fsp3) is 0.786. The van der Waals surface area contributed by atoms with Gasteiger partial charge in [-0.1, -0.05) is 26.2 Å². The van der Waals surface area contributed by atoms with Crippen molar-refractivity contribution in [1.82, 2.24) is 9.55 Å². The summed E-state index contributed by atoms with van der Waals surface area (Å²) in [5.74, 6) is 0.971. The van der Waals surface area contributed by atoms with Crippen molar-refractivity contribution in [2.75, 3.05) is 18.5 Å². The van der Waals surface area contributed by atoms with E-state index in [4.69, 9.17) is 4.74 Å². The first-order valence-electron chi connectivity index (χ1n) is 7.26. The topological polar surface area (TPSA) is 39.1 Å². The van der Waals surface area contributed by atoms with E-state index in [9.17, 15) is 0 Å². The maximum Gasteiger partial charge on any atom is 0.202 e. The first-order chi connectivity index (χ1) is 8.90. The minimum atomic E-state index is 0.506. The highest BCUT2D eigenvalue weighted by molar-refractivity contribution is 5.25. The molecule has 0 aromatic carbocycles. The van der Waals surface area contributed by atoms with Crippen molar-refractivity contribution in [2.24, 2.45) is 0 Å². The van der Waals surface area contributed by atoms with Gasteiger partial charge in [-0.15, -0.1) is 0 Å². The van der Waals surface area contributed by atoms with Crippen LogP contribution < -0.4 is 5.32 Å². The smallest absolute Gasteiger partial charge is 0.202 e. The van der Waals surface area contributed by atoms with Gasteiger partial charge >= 0.3 is 0 Å². The van der Waals surface area contributed by atoms with Crippen LogP contribution in [0.3, 0.4) is 0 Å². The van der Waals surface area contributed by atoms with Crippen molar-refractivity contribution in [3.8, 4) is 0 Å². The number of imidazole rings is 1. The third-order valence-corrected chi connectivity index (χ3v) is 3.51. The minimum Gasteiger partial charge on any atom is -0.376 e. The molecule has 0 bridgehead atoms. The molecule has 2 rings (SSSR count). The van der Waals surface area contributed by atoms with Gasteiger partial charge in [0.2, 0.25) is 5.95 Å². The zero-order chi connectivity index (χ0) is 12.6. The zero-order valence-corrected chi connectivity index (χ0v) is 11.4. The summed E-state index contributed by atoms with van der Waals surface area (Å²) in [6, 6.07) is 0. The Labute approximate surface area is 110 Å². The van der Waals surface area contributed by atoms with Crippen LogP contribution in [0.15, 0.2) is 12.4 Å². The van der Waals surface area contributed by atoms with Crippen molar-refractivity contribution < 1.29 is 4.74 Å². The SMILES string of the molecule is CCCCn1ccnc1NCCOC1CCCC1. The first-order valence-corrected chi connectivity index (χ1v) is 7.26. The number of ether oxygens (including phenoxy) is 1. The van der Waals surface area contributed by atoms with Crippen LogP contribution in [0.5, 0.6) is 0 Å². The second-order valence-electron chi connectivity index (χ2n) is 5.00. The maximum atomic E-state index is 5.82. The van der Waals surface area contributed by atoms with Gasteiger partial charge in [0.1, 0.15) is 0 Å². The van der Waals surface area contributed by atoms with Crippen molar-refractivity contribution in [3.05, 3.63) is 12.4 Å². The van der Waals surface area contributed by atoms with E-state index >= 15 is 0 Å². The van der Waals surface area contributed by atoms with Gasteiger partial charge in [0, 0.05) is 25.5 Å². The Morgan fingerprint density at radius 2 is 2.28 bits per heavy atom. The van der Waals surface area contributed by atoms with E-state index in [-0.39, 0.29) is 0 Å². The number of aryl methyl sites for hydroxylation is 1. The fourth-order valence-electron chi connectivity index (χ4n) is 2.43. The molecule has 18 heavy (non-hydrogen) atoms. The number of unbranched alkanes of at least 4 members (excludes halogenated alkanes) is 1. The molecule has 0 aliphatic heterocycles. The predicted molar refractivity (Wildman–Crippen MR) is 73.8 cm³/mol. The second kappa shape index (κ2) is 7.41. The van der Waals surface area contributed by atoms with Crippen LogP contribution in [-0.4, -0.2) is 28.8 Å². The molecule has 102 valence electrons. The van der Waals surface area contributed by atoms with E-state index in [1.54, 1.807) is 0 Å². The molecule has 1 aliphatic carbocycles. The van der Waals surface area contributed by atoms with E-state index in [0.717, 1.165) is 25.6 Å². The van der Waals surface area contributed by atoms with Crippen LogP contribution in [0.1, 0.15) is 45.4 Å². The molecule has 1 fully saturated rings. The number of hydrogen-bond donors (Lipinski definition) is 1. The Morgan fingerprint density at radius 3 is 3.06 bits per heavy atom. The summed E-state index contributed by atoms with van der Waals surface area (Å²) in [6.07, 6.45) is 12.0. The van der Waals surface area contributed by atoms with Crippen molar-refractivity contribution in [3.63, 3.8) is 0 Å². The van der Waals surface area contributed by atoms with Crippen LogP contribution in [0.25, 0.3) is 0 Å². The standard InChI is InChI=1S/C14H25N3O/c1-2-3-10-17-11-8-15-14(17)16-9-12-18-13-6-4-5-7-13/h8,11,13H,2-7,9-10,12H2,1H3,(H,15,16). The largest absolute Gasteiger partial charge is 0.376 e. The summed E-state index contributed by atoms with van der Waals surface area (Å²) in [7, 11) is 0. The summed E-state index contributed by atoms with van der Waals surface area (Å²) in [5.41, 5.74) is 0. The maximum absolute atomic E-state index is 5.82. The van der Waals surface area contributed by atoms with E-state index in [1.807, 2.05) is 12.4 Å². The predicted octanol–water partition coefficient (Wildman–Crippen LogP) is 3.05. The number of aromatic nitrogens is 2. The van der Waals surface area contributed by atoms with E-state index in [2.05, 4.69) is 21.8 Å². The van der Waals surface area contributed by atoms with Crippen LogP contribution in [-0.2, 0) is 11.3 Å². The van der Waals surface area contributed by atoms with Gasteiger partial charge in [-0.3, -0.25) is 0 Å². The lowest BCUT2D eigenvalue weighted by molar-refractivity contribution is 0.0658. The molecule has 1 N–H and O–H groups in total. The Balaban J connectivity index is 1.64. The molecule has 0 atom stereocenters. The highest BCUT2D eigenvalue weighted by Crippen LogP contribution is 2.20. The average Bonchev–Trinajstić information content (AvgIpc) is 3.03. The van der Waals surface area contributed by atoms with Gasteiger partial charge in [0.25, 0.3) is 0 Å². The Morgan fingerprint density at radius 1 is 1.44 bits per heavy atom. The molecule has 0 radical (unpaired) electrons. The summed E-state index contributed by atoms with van der Waals surface area (Å²) in [4.78, 5) is 4.33. The minimum absolute atomic E-state index is 0.506. The zero-order valence-electron chi connectivity index (χ0n) is 11.4. The van der Waals surface area contributed by atoms with Gasteiger partial charge in [-0.05, 0) is 19.3 Å². The lowest BCUT2D eigenvalue weighted by Gasteiger charge is -2.12. The Bertz CT molecular complexity index is 332. The van der Waals surface area contributed by atoms with Crippen molar-refractivity contribution in [2.45, 2.75) is 58.1 Å². The van der Waals surface area contributed by atoms with Gasteiger partial charge < -0.3 is 14.6 Å². The summed E-state index contributed by atoms with van der Waals surface area (Å²) >= 11 is 0. The highest BCUT2D eigenvalue weighted by Gasteiger charge is 2.14. The molecule has 0 spiro atoms. The van der Waals surface area contributed by atoms with Crippen LogP contribution in [0.4, 0.5) is 5.95 Å². The molecule has 4 heteroatoms. The summed E-state index contributed by atoms with van der Waals surface area (Å²) in [6.45, 7) is 4.88. The van der Waals surface area contributed by atoms with Crippen LogP contribution in [0, 0.1) is 0 Å². The van der Waals surface area contributed by atoms with E-state index in [1.165, 1.54) is 38.5 Å². The fourth-order valence-corrected chi connectivity index (χ4v) is 2.43. The molecule has 1 aliphatic rings. The molecule has 1 aromatic rings. The van der Waals surface area contributed by atoms with Crippen molar-refractivity contribution >= 4 is 5.95 Å². The molecule has 4 nitrogen and oxygen atoms in total. The summed E-state index contributed by atoms with van der Waals surface area (Å²) in [5, 5.41) is 3.35. The molecule has 1 saturated carbocycles. The molecule has 0 unspecified atom stereocenters. The molecular weight excluding hydrogens is 226 g/mol. The normalized spacial score (nSPS) is 16.3. The highest BCUT2D eigenvalue weighted by atomic mass is 16.5. The lowest BCUT2D eigenvalue weighted by Crippen LogP contribution is -2.17. The third kappa shape index (κ3) is 4.02. The van der Waals surface area contributed by atoms with Gasteiger partial charge in [-0.2, -0.15) is 0 Å². The summed E-state index contributed by atoms with van der Waals surface area (Å²) < 4.78 is 8.00. The number of hydrogen-bond acceptors (Lipinski definition) is 3. The van der Waals surface area contributed by atoms with Gasteiger partial charge in [-0.25, -0.2) is 4.98 Å². The monoisotopic (exact) mass is 251 g/mol. The van der Waals surface area contributed by atoms with E-state index < -0.39 is 0 Å². The third-order valence-electron chi connectivity index (χ3n) is 3.51. The number of anilines is 1. The quantitative estimate of drug-likeness (QED) is 0.722. The molecule has 1 aromatic heterocycles. The number of rotatable bonds is 8. The lowest BCUT2D eigenvalue weighted by atomic mass is 10.3. The van der Waals surface area contributed by atoms with E-state index in [0.29, 0.717) is 6.10 Å². The first kappa shape index (κ1) is 13.4. The molecule has 0 saturated heterocycles. The van der Waals surface area contributed by atoms with Gasteiger partial charge in [0.05, 0.1) is 12.7 Å². The van der Waals surface area contributed by atoms with Crippen LogP contribution in [0.2, 0.25) is 0 Å². The number of nitrogens with zero attached hydrogens (tertiary/aromatic N) is 2. The molecule has 0 amide bonds.